The number of hydrogen-bond donors (Lipinski definition) is 1. The van der Waals surface area contributed by atoms with E-state index in [1.807, 2.05) is 18.6 Å². The van der Waals surface area contributed by atoms with E-state index in [-0.39, 0.29) is 31.4 Å². The molecule has 1 aromatic carbocycles. The molecule has 4 bridgehead atoms. The highest BCUT2D eigenvalue weighted by molar-refractivity contribution is 7.90. The van der Waals surface area contributed by atoms with Gasteiger partial charge in [-0.2, -0.15) is 13.5 Å². The summed E-state index contributed by atoms with van der Waals surface area (Å²) < 4.78 is 62.4. The molecule has 0 fully saturated rings. The molecule has 8 nitrogen and oxygen atoms in total. The number of carbonyl (C=O) groups excluding carboxylic acids is 1. The number of nitrogens with zero attached hydrogens (tertiary/aromatic N) is 3. The number of hydrogen-bond acceptors (Lipinski definition) is 6. The third kappa shape index (κ3) is 4.33. The lowest BCUT2D eigenvalue weighted by atomic mass is 9.88. The molecule has 4 rings (SSSR count). The van der Waals surface area contributed by atoms with Gasteiger partial charge in [-0.25, -0.2) is 18.5 Å². The number of ether oxygens (including phenoxy) is 1. The predicted molar refractivity (Wildman–Crippen MR) is 110 cm³/mol. The SMILES string of the molecule is CC(C)c1cc(F)cc2c1CC(=O)NS(=O)(=O)c1nn(cc1F)CCOc1cc-2ccn1. The zero-order valence-electron chi connectivity index (χ0n) is 17.3. The van der Waals surface area contributed by atoms with Crippen LogP contribution in [0.5, 0.6) is 5.88 Å². The molecule has 0 saturated carbocycles. The fourth-order valence-corrected chi connectivity index (χ4v) is 4.59. The van der Waals surface area contributed by atoms with Crippen molar-refractivity contribution < 1.29 is 26.7 Å². The monoisotopic (exact) mass is 462 g/mol. The summed E-state index contributed by atoms with van der Waals surface area (Å²) in [6.45, 7) is 3.73. The lowest BCUT2D eigenvalue weighted by Crippen LogP contribution is -2.33. The van der Waals surface area contributed by atoms with Crippen molar-refractivity contribution in [1.82, 2.24) is 19.5 Å². The fraction of sp³-hybridized carbons (Fsp3) is 0.286. The van der Waals surface area contributed by atoms with Crippen LogP contribution in [0.3, 0.4) is 0 Å². The van der Waals surface area contributed by atoms with Gasteiger partial charge in [0.1, 0.15) is 12.4 Å². The van der Waals surface area contributed by atoms with Crippen LogP contribution in [-0.4, -0.2) is 35.7 Å². The molecule has 0 radical (unpaired) electrons. The molecule has 2 aromatic heterocycles. The molecule has 32 heavy (non-hydrogen) atoms. The summed E-state index contributed by atoms with van der Waals surface area (Å²) >= 11 is 0. The minimum atomic E-state index is -4.55. The van der Waals surface area contributed by atoms with E-state index < -0.39 is 32.6 Å². The summed E-state index contributed by atoms with van der Waals surface area (Å²) in [7, 11) is -4.55. The zero-order valence-corrected chi connectivity index (χ0v) is 18.1. The van der Waals surface area contributed by atoms with Crippen molar-refractivity contribution in [2.45, 2.75) is 37.8 Å². The zero-order chi connectivity index (χ0) is 23.0. The molecule has 0 aliphatic carbocycles. The van der Waals surface area contributed by atoms with Crippen LogP contribution in [0.1, 0.15) is 30.9 Å². The van der Waals surface area contributed by atoms with E-state index >= 15 is 0 Å². The third-order valence-electron chi connectivity index (χ3n) is 5.01. The number of amides is 1. The second-order valence-electron chi connectivity index (χ2n) is 7.66. The van der Waals surface area contributed by atoms with Crippen LogP contribution in [0.2, 0.25) is 0 Å². The predicted octanol–water partition coefficient (Wildman–Crippen LogP) is 2.79. The molecule has 11 heteroatoms. The number of benzene rings is 1. The van der Waals surface area contributed by atoms with Crippen molar-refractivity contribution in [1.29, 1.82) is 0 Å². The molecule has 1 aliphatic rings. The number of aromatic nitrogens is 3. The Hall–Kier alpha value is -3.34. The molecule has 0 atom stereocenters. The summed E-state index contributed by atoms with van der Waals surface area (Å²) in [6, 6.07) is 5.85. The first-order valence-electron chi connectivity index (χ1n) is 9.84. The highest BCUT2D eigenvalue weighted by Gasteiger charge is 2.27. The third-order valence-corrected chi connectivity index (χ3v) is 6.30. The maximum atomic E-state index is 14.5. The van der Waals surface area contributed by atoms with Crippen LogP contribution < -0.4 is 9.46 Å². The minimum Gasteiger partial charge on any atom is -0.476 e. The number of sulfonamides is 1. The first kappa shape index (κ1) is 21.9. The molecule has 0 saturated heterocycles. The van der Waals surface area contributed by atoms with Gasteiger partial charge in [0.15, 0.2) is 5.82 Å². The first-order valence-corrected chi connectivity index (χ1v) is 11.3. The number of fused-ring (bicyclic) bond motifs is 6. The van der Waals surface area contributed by atoms with Crippen molar-refractivity contribution in [2.75, 3.05) is 6.61 Å². The maximum absolute atomic E-state index is 14.5. The van der Waals surface area contributed by atoms with E-state index in [9.17, 15) is 22.0 Å². The van der Waals surface area contributed by atoms with Gasteiger partial charge in [-0.3, -0.25) is 9.48 Å². The van der Waals surface area contributed by atoms with E-state index in [4.69, 9.17) is 4.74 Å². The Morgan fingerprint density at radius 3 is 2.75 bits per heavy atom. The first-order chi connectivity index (χ1) is 15.1. The number of carbonyl (C=O) groups is 1. The number of pyridine rings is 1. The number of nitrogens with one attached hydrogen (secondary N) is 1. The van der Waals surface area contributed by atoms with Gasteiger partial charge in [0.2, 0.25) is 16.8 Å². The Kier molecular flexibility index (Phi) is 5.68. The topological polar surface area (TPSA) is 103 Å². The van der Waals surface area contributed by atoms with Gasteiger partial charge in [-0.15, -0.1) is 0 Å². The maximum Gasteiger partial charge on any atom is 0.286 e. The van der Waals surface area contributed by atoms with Crippen LogP contribution >= 0.6 is 0 Å². The second-order valence-corrected chi connectivity index (χ2v) is 9.26. The Bertz CT molecular complexity index is 1310. The van der Waals surface area contributed by atoms with Crippen LogP contribution in [-0.2, 0) is 27.8 Å². The normalized spacial score (nSPS) is 15.8. The molecule has 3 aromatic rings. The molecule has 0 spiro atoms. The van der Waals surface area contributed by atoms with Crippen LogP contribution in [0.4, 0.5) is 8.78 Å². The molecule has 1 aliphatic heterocycles. The Balaban J connectivity index is 1.88. The Morgan fingerprint density at radius 2 is 2.00 bits per heavy atom. The highest BCUT2D eigenvalue weighted by Crippen LogP contribution is 2.33. The van der Waals surface area contributed by atoms with Crippen molar-refractivity contribution in [3.05, 3.63) is 59.4 Å². The summed E-state index contributed by atoms with van der Waals surface area (Å²) in [5.74, 6) is -2.40. The van der Waals surface area contributed by atoms with Gasteiger partial charge in [0, 0.05) is 12.3 Å². The van der Waals surface area contributed by atoms with Crippen molar-refractivity contribution >= 4 is 15.9 Å². The summed E-state index contributed by atoms with van der Waals surface area (Å²) in [5, 5.41) is 2.84. The lowest BCUT2D eigenvalue weighted by molar-refractivity contribution is -0.118. The average Bonchev–Trinajstić information content (AvgIpc) is 3.09. The Morgan fingerprint density at radius 1 is 1.22 bits per heavy atom. The van der Waals surface area contributed by atoms with E-state index in [1.165, 1.54) is 18.3 Å². The van der Waals surface area contributed by atoms with E-state index in [0.29, 0.717) is 22.3 Å². The van der Waals surface area contributed by atoms with Crippen molar-refractivity contribution in [2.24, 2.45) is 0 Å². The van der Waals surface area contributed by atoms with Gasteiger partial charge in [0.05, 0.1) is 19.2 Å². The standard InChI is InChI=1S/C21H20F2N4O4S/c1-12(2)15-8-14(22)9-16-13-3-4-24-20(7-13)31-6-5-27-11-18(23)21(25-27)32(29,30)26-19(28)10-17(15)16/h3-4,7-9,11-12H,5-6,10H2,1-2H3,(H,26,28). The number of halogens is 2. The molecular weight excluding hydrogens is 442 g/mol. The molecule has 168 valence electrons. The second kappa shape index (κ2) is 8.30. The van der Waals surface area contributed by atoms with Gasteiger partial charge in [-0.05, 0) is 46.4 Å². The van der Waals surface area contributed by atoms with Gasteiger partial charge >= 0.3 is 0 Å². The minimum absolute atomic E-state index is 0.0245. The van der Waals surface area contributed by atoms with Crippen LogP contribution in [0.15, 0.2) is 41.7 Å². The van der Waals surface area contributed by atoms with Gasteiger partial charge in [-0.1, -0.05) is 13.8 Å². The smallest absolute Gasteiger partial charge is 0.286 e. The Labute approximate surface area is 183 Å². The molecule has 1 amide bonds. The van der Waals surface area contributed by atoms with Crippen molar-refractivity contribution in [3.8, 4) is 17.0 Å². The summed E-state index contributed by atoms with van der Waals surface area (Å²) in [6.07, 6.45) is 2.03. The molecule has 3 heterocycles. The number of rotatable bonds is 1. The summed E-state index contributed by atoms with van der Waals surface area (Å²) in [5.41, 5.74) is 1.97. The van der Waals surface area contributed by atoms with Crippen LogP contribution in [0.25, 0.3) is 11.1 Å². The molecular formula is C21H20F2N4O4S. The van der Waals surface area contributed by atoms with Gasteiger partial charge in [0.25, 0.3) is 10.0 Å². The van der Waals surface area contributed by atoms with E-state index in [2.05, 4.69) is 10.1 Å². The molecule has 1 N–H and O–H groups in total. The van der Waals surface area contributed by atoms with Crippen molar-refractivity contribution in [3.63, 3.8) is 0 Å². The van der Waals surface area contributed by atoms with E-state index in [1.54, 1.807) is 12.1 Å². The summed E-state index contributed by atoms with van der Waals surface area (Å²) in [4.78, 5) is 16.9. The quantitative estimate of drug-likeness (QED) is 0.597. The van der Waals surface area contributed by atoms with Crippen LogP contribution in [0, 0.1) is 11.6 Å². The van der Waals surface area contributed by atoms with Gasteiger partial charge < -0.3 is 4.74 Å². The molecule has 0 unspecified atom stereocenters. The highest BCUT2D eigenvalue weighted by atomic mass is 32.2. The average molecular weight is 462 g/mol. The fourth-order valence-electron chi connectivity index (χ4n) is 3.60. The van der Waals surface area contributed by atoms with E-state index in [0.717, 1.165) is 10.9 Å². The lowest BCUT2D eigenvalue weighted by Gasteiger charge is -2.18. The largest absolute Gasteiger partial charge is 0.476 e.